The van der Waals surface area contributed by atoms with Crippen molar-refractivity contribution >= 4 is 33.4 Å². The Morgan fingerprint density at radius 2 is 1.83 bits per heavy atom. The van der Waals surface area contributed by atoms with Crippen LogP contribution in [0.25, 0.3) is 22.6 Å². The van der Waals surface area contributed by atoms with Crippen LogP contribution >= 0.6 is 11.6 Å². The minimum atomic E-state index is -3.59. The van der Waals surface area contributed by atoms with Crippen LogP contribution in [0.5, 0.6) is 0 Å². The first-order valence-electron chi connectivity index (χ1n) is 8.38. The molecule has 1 heterocycles. The number of halogens is 1. The van der Waals surface area contributed by atoms with Gasteiger partial charge in [-0.1, -0.05) is 42.4 Å². The first kappa shape index (κ1) is 20.9. The summed E-state index contributed by atoms with van der Waals surface area (Å²) in [6.45, 7) is 3.37. The number of oxazole rings is 1. The maximum atomic E-state index is 12.3. The van der Waals surface area contributed by atoms with Crippen LogP contribution in [0.3, 0.4) is 0 Å². The van der Waals surface area contributed by atoms with E-state index in [4.69, 9.17) is 16.0 Å². The van der Waals surface area contributed by atoms with Crippen molar-refractivity contribution in [1.29, 1.82) is 0 Å². The lowest BCUT2D eigenvalue weighted by Gasteiger charge is -2.14. The summed E-state index contributed by atoms with van der Waals surface area (Å²) in [4.78, 5) is 16.4. The molecule has 0 aliphatic heterocycles. The Kier molecular flexibility index (Phi) is 5.46. The number of quaternary nitrogens is 1. The molecule has 150 valence electrons. The molecule has 3 rings (SSSR count). The van der Waals surface area contributed by atoms with Crippen LogP contribution in [0.15, 0.2) is 70.5 Å². The maximum Gasteiger partial charge on any atom is 0.446 e. The quantitative estimate of drug-likeness (QED) is 0.281. The molecule has 2 aromatic carbocycles. The van der Waals surface area contributed by atoms with E-state index in [-0.39, 0.29) is 27.9 Å². The van der Waals surface area contributed by atoms with Crippen LogP contribution in [-0.2, 0) is 14.6 Å². The van der Waals surface area contributed by atoms with E-state index in [9.17, 15) is 18.4 Å². The largest absolute Gasteiger partial charge is 0.446 e. The number of hydrogen-bond donors (Lipinski definition) is 1. The van der Waals surface area contributed by atoms with E-state index >= 15 is 0 Å². The molecule has 7 nitrogen and oxygen atoms in total. The van der Waals surface area contributed by atoms with E-state index in [1.54, 1.807) is 42.5 Å². The second-order valence-electron chi connectivity index (χ2n) is 6.45. The summed E-state index contributed by atoms with van der Waals surface area (Å²) in [6, 6.07) is 12.5. The Bertz CT molecular complexity index is 1200. The van der Waals surface area contributed by atoms with Crippen molar-refractivity contribution in [1.82, 2.24) is 9.63 Å². The molecule has 0 aliphatic rings. The van der Waals surface area contributed by atoms with Crippen molar-refractivity contribution in [3.63, 3.8) is 0 Å². The Balaban J connectivity index is 2.33. The molecule has 29 heavy (non-hydrogen) atoms. The van der Waals surface area contributed by atoms with E-state index in [0.717, 1.165) is 12.3 Å². The highest BCUT2D eigenvalue weighted by Gasteiger charge is 2.39. The molecule has 0 saturated carbocycles. The fraction of sp³-hybridized carbons (Fsp3) is 0.100. The fourth-order valence-corrected chi connectivity index (χ4v) is 3.74. The van der Waals surface area contributed by atoms with Gasteiger partial charge in [0.25, 0.3) is 0 Å². The molecule has 0 aliphatic carbocycles. The second kappa shape index (κ2) is 7.57. The van der Waals surface area contributed by atoms with Gasteiger partial charge in [0.2, 0.25) is 0 Å². The standard InChI is InChI=1S/C20H18ClN2O5S/c1-4-17(24)23(2,25)20-22-18(13-9-11-14(21)12-10-13)19(28-20)15-7-5-6-8-16(15)29(3,26)27/h4-12,25H,1H2,2-3H3/q+1. The molecular weight excluding hydrogens is 416 g/mol. The summed E-state index contributed by atoms with van der Waals surface area (Å²) in [5.74, 6) is -0.671. The van der Waals surface area contributed by atoms with Gasteiger partial charge in [-0.15, -0.1) is 0 Å². The van der Waals surface area contributed by atoms with Crippen molar-refractivity contribution in [3.05, 3.63) is 66.2 Å². The van der Waals surface area contributed by atoms with Crippen LogP contribution in [0, 0.1) is 0 Å². The summed E-state index contributed by atoms with van der Waals surface area (Å²) in [6.07, 6.45) is 2.02. The Morgan fingerprint density at radius 1 is 1.21 bits per heavy atom. The van der Waals surface area contributed by atoms with Gasteiger partial charge in [-0.05, 0) is 28.9 Å². The van der Waals surface area contributed by atoms with Gasteiger partial charge in [0.05, 0.1) is 4.90 Å². The molecule has 0 fully saturated rings. The highest BCUT2D eigenvalue weighted by atomic mass is 35.5. The third-order valence-electron chi connectivity index (χ3n) is 4.24. The topological polar surface area (TPSA) is 97.5 Å². The Morgan fingerprint density at radius 3 is 2.41 bits per heavy atom. The van der Waals surface area contributed by atoms with Crippen molar-refractivity contribution in [2.24, 2.45) is 0 Å². The van der Waals surface area contributed by atoms with Crippen LogP contribution in [0.2, 0.25) is 5.02 Å². The lowest BCUT2D eigenvalue weighted by atomic mass is 10.1. The van der Waals surface area contributed by atoms with Crippen LogP contribution in [-0.4, -0.2) is 37.8 Å². The van der Waals surface area contributed by atoms with E-state index in [1.807, 2.05) is 0 Å². The van der Waals surface area contributed by atoms with Gasteiger partial charge >= 0.3 is 11.9 Å². The van der Waals surface area contributed by atoms with Crippen LogP contribution in [0.4, 0.5) is 6.01 Å². The number of benzene rings is 2. The normalized spacial score (nSPS) is 13.7. The fourth-order valence-electron chi connectivity index (χ4n) is 2.73. The van der Waals surface area contributed by atoms with Crippen molar-refractivity contribution < 1.29 is 22.8 Å². The number of carbonyl (C=O) groups excluding carboxylic acids is 1. The number of rotatable bonds is 5. The lowest BCUT2D eigenvalue weighted by molar-refractivity contribution is -0.153. The average molecular weight is 434 g/mol. The number of amides is 1. The molecule has 0 spiro atoms. The van der Waals surface area contributed by atoms with Gasteiger partial charge in [0.15, 0.2) is 15.6 Å². The van der Waals surface area contributed by atoms with Crippen LogP contribution < -0.4 is 4.65 Å². The molecule has 1 N–H and O–H groups in total. The number of aromatic nitrogens is 1. The van der Waals surface area contributed by atoms with Crippen molar-refractivity contribution in [3.8, 4) is 22.6 Å². The zero-order valence-corrected chi connectivity index (χ0v) is 17.2. The van der Waals surface area contributed by atoms with Crippen LogP contribution in [0.1, 0.15) is 0 Å². The molecule has 0 bridgehead atoms. The summed E-state index contributed by atoms with van der Waals surface area (Å²) >= 11 is 5.96. The van der Waals surface area contributed by atoms with Crippen molar-refractivity contribution in [2.45, 2.75) is 4.90 Å². The zero-order chi connectivity index (χ0) is 21.4. The molecule has 1 amide bonds. The summed E-state index contributed by atoms with van der Waals surface area (Å²) in [7, 11) is -2.42. The molecule has 0 radical (unpaired) electrons. The predicted molar refractivity (Wildman–Crippen MR) is 110 cm³/mol. The summed E-state index contributed by atoms with van der Waals surface area (Å²) in [5.41, 5.74) is 1.07. The third kappa shape index (κ3) is 4.01. The average Bonchev–Trinajstić information content (AvgIpc) is 3.13. The van der Waals surface area contributed by atoms with Crippen molar-refractivity contribution in [2.75, 3.05) is 13.3 Å². The Labute approximate surface area is 173 Å². The second-order valence-corrected chi connectivity index (χ2v) is 8.87. The molecule has 1 aromatic heterocycles. The van der Waals surface area contributed by atoms with Gasteiger partial charge < -0.3 is 4.42 Å². The number of hydrogen-bond acceptors (Lipinski definition) is 6. The molecule has 1 atom stereocenters. The third-order valence-corrected chi connectivity index (χ3v) is 5.65. The molecular formula is C20H18ClN2O5S+. The molecule has 3 aromatic rings. The highest BCUT2D eigenvalue weighted by molar-refractivity contribution is 7.90. The minimum absolute atomic E-state index is 0.0279. The van der Waals surface area contributed by atoms with E-state index in [1.165, 1.54) is 13.1 Å². The maximum absolute atomic E-state index is 12.3. The van der Waals surface area contributed by atoms with Gasteiger partial charge in [0.1, 0.15) is 12.7 Å². The van der Waals surface area contributed by atoms with Gasteiger partial charge in [-0.2, -0.15) is 10.2 Å². The van der Waals surface area contributed by atoms with E-state index in [0.29, 0.717) is 10.6 Å². The predicted octanol–water partition coefficient (Wildman–Crippen LogP) is 4.10. The lowest BCUT2D eigenvalue weighted by Crippen LogP contribution is -2.46. The van der Waals surface area contributed by atoms with Gasteiger partial charge in [0, 0.05) is 28.5 Å². The SMILES string of the molecule is C=CC(=O)[N+](C)(O)c1nc(-c2ccc(Cl)cc2)c(-c2ccccc2S(C)(=O)=O)o1. The number of sulfone groups is 1. The number of hydroxylamine groups is 2. The smallest absolute Gasteiger partial charge is 0.392 e. The number of nitrogens with zero attached hydrogens (tertiary/aromatic N) is 2. The summed E-state index contributed by atoms with van der Waals surface area (Å²) in [5, 5.41) is 11.1. The first-order chi connectivity index (χ1) is 13.6. The molecule has 9 heteroatoms. The Hall–Kier alpha value is -2.78. The van der Waals surface area contributed by atoms with Gasteiger partial charge in [-0.25, -0.2) is 13.2 Å². The zero-order valence-electron chi connectivity index (χ0n) is 15.7. The number of likely N-dealkylation sites (N-methyl/N-ethyl adjacent to an activating group) is 1. The number of carbonyl (C=O) groups is 1. The van der Waals surface area contributed by atoms with E-state index in [2.05, 4.69) is 11.6 Å². The monoisotopic (exact) mass is 433 g/mol. The highest BCUT2D eigenvalue weighted by Crippen LogP contribution is 2.39. The molecule has 0 saturated heterocycles. The van der Waals surface area contributed by atoms with Gasteiger partial charge in [-0.3, -0.25) is 0 Å². The minimum Gasteiger partial charge on any atom is -0.392 e. The summed E-state index contributed by atoms with van der Waals surface area (Å²) < 4.78 is 29.0. The first-order valence-corrected chi connectivity index (χ1v) is 10.7. The van der Waals surface area contributed by atoms with E-state index < -0.39 is 20.4 Å². The molecule has 1 unspecified atom stereocenters.